The standard InChI is InChI=1S/C22H34N4.2C5H5.Cu.2Fe.H2O/c1-2-8-21(7-1)19-25-15-5-11-24-14-18-26(16-6-12-23-13-17-25)20-22-9-3-4-10-22;2*1-2-4-5-3-1;;;;/h1-4,7-10,23-24H,5-6,11-20H2;2*1-5H;;;;1H2/q-2;2*-1;+2;;;/p+1. The molecule has 0 atom stereocenters. The van der Waals surface area contributed by atoms with Crippen LogP contribution in [0.2, 0.25) is 0 Å². The van der Waals surface area contributed by atoms with E-state index in [1.54, 1.807) is 0 Å². The molecule has 0 aromatic heterocycles. The zero-order valence-electron chi connectivity index (χ0n) is 23.4. The molecule has 4 aromatic rings. The topological polar surface area (TPSA) is 63.5 Å². The summed E-state index contributed by atoms with van der Waals surface area (Å²) in [5, 5.41) is 7.29. The third-order valence-corrected chi connectivity index (χ3v) is 6.25. The summed E-state index contributed by atoms with van der Waals surface area (Å²) in [6.45, 7) is 11.1. The van der Waals surface area contributed by atoms with E-state index in [-0.39, 0.29) is 56.7 Å². The zero-order valence-corrected chi connectivity index (χ0v) is 26.5. The van der Waals surface area contributed by atoms with Crippen molar-refractivity contribution in [3.63, 3.8) is 0 Å². The van der Waals surface area contributed by atoms with Gasteiger partial charge in [0, 0.05) is 60.3 Å². The van der Waals surface area contributed by atoms with Crippen LogP contribution in [0.1, 0.15) is 24.0 Å². The van der Waals surface area contributed by atoms with Gasteiger partial charge in [0.25, 0.3) is 0 Å². The van der Waals surface area contributed by atoms with Crippen molar-refractivity contribution in [3.05, 3.63) is 120 Å². The van der Waals surface area contributed by atoms with Crippen molar-refractivity contribution in [1.82, 2.24) is 20.4 Å². The molecular weight excluding hydrogens is 632 g/mol. The first-order valence-corrected chi connectivity index (χ1v) is 13.5. The SMILES string of the molecule is [Cu+2].[Fe].[Fe].[OH3+].c1cc[c-](CN2CCCNCCN(C[c-]3cccc3)CCCNCC2)c1.c1cc[cH-]c1.c1cc[cH-]c1. The molecule has 1 heterocycles. The van der Waals surface area contributed by atoms with Gasteiger partial charge in [0.1, 0.15) is 0 Å². The molecule has 1 saturated heterocycles. The molecule has 0 unspecified atom stereocenters. The van der Waals surface area contributed by atoms with Gasteiger partial charge in [-0.2, -0.15) is 60.7 Å². The van der Waals surface area contributed by atoms with Crippen molar-refractivity contribution < 1.29 is 56.7 Å². The van der Waals surface area contributed by atoms with Crippen LogP contribution >= 0.6 is 0 Å². The van der Waals surface area contributed by atoms with Crippen LogP contribution in [0.4, 0.5) is 0 Å². The van der Waals surface area contributed by atoms with Gasteiger partial charge in [-0.25, -0.2) is 48.5 Å². The van der Waals surface area contributed by atoms with Crippen LogP contribution in [0.5, 0.6) is 0 Å². The van der Waals surface area contributed by atoms with E-state index in [0.29, 0.717) is 0 Å². The van der Waals surface area contributed by atoms with E-state index >= 15 is 0 Å². The van der Waals surface area contributed by atoms with Crippen molar-refractivity contribution >= 4 is 0 Å². The maximum Gasteiger partial charge on any atom is 2.00 e. The summed E-state index contributed by atoms with van der Waals surface area (Å²) in [5.41, 5.74) is 2.87. The molecule has 40 heavy (non-hydrogen) atoms. The van der Waals surface area contributed by atoms with Gasteiger partial charge < -0.3 is 25.9 Å². The van der Waals surface area contributed by atoms with Gasteiger partial charge in [-0.15, -0.1) is 11.1 Å². The van der Waals surface area contributed by atoms with Gasteiger partial charge in [-0.1, -0.05) is 0 Å². The predicted octanol–water partition coefficient (Wildman–Crippen LogP) is 4.28. The van der Waals surface area contributed by atoms with Gasteiger partial charge in [0.15, 0.2) is 0 Å². The summed E-state index contributed by atoms with van der Waals surface area (Å²) in [7, 11) is 0. The van der Waals surface area contributed by atoms with E-state index in [9.17, 15) is 0 Å². The minimum absolute atomic E-state index is 0. The quantitative estimate of drug-likeness (QED) is 0.192. The third-order valence-electron chi connectivity index (χ3n) is 6.25. The van der Waals surface area contributed by atoms with Gasteiger partial charge >= 0.3 is 17.1 Å². The molecule has 1 fully saturated rings. The first-order valence-electron chi connectivity index (χ1n) is 13.5. The largest absolute Gasteiger partial charge is 2.00 e. The van der Waals surface area contributed by atoms with Gasteiger partial charge in [-0.3, -0.25) is 0 Å². The van der Waals surface area contributed by atoms with Gasteiger partial charge in [0.05, 0.1) is 0 Å². The van der Waals surface area contributed by atoms with Gasteiger partial charge in [0.2, 0.25) is 0 Å². The molecule has 8 heteroatoms. The maximum atomic E-state index is 3.64. The molecule has 0 amide bonds. The molecule has 0 aliphatic carbocycles. The van der Waals surface area contributed by atoms with Crippen LogP contribution in [0.15, 0.2) is 109 Å². The zero-order chi connectivity index (χ0) is 24.9. The Bertz CT molecular complexity index is 803. The van der Waals surface area contributed by atoms with Crippen molar-refractivity contribution in [3.8, 4) is 0 Å². The fraction of sp³-hybridized carbons (Fsp3) is 0.375. The Hall–Kier alpha value is -1.24. The summed E-state index contributed by atoms with van der Waals surface area (Å²) < 4.78 is 0. The van der Waals surface area contributed by atoms with Crippen molar-refractivity contribution in [2.75, 3.05) is 52.4 Å². The van der Waals surface area contributed by atoms with E-state index in [4.69, 9.17) is 0 Å². The van der Waals surface area contributed by atoms with E-state index in [0.717, 1.165) is 65.4 Å². The van der Waals surface area contributed by atoms with Crippen LogP contribution in [0.3, 0.4) is 0 Å². The monoisotopic (exact) mass is 678 g/mol. The number of rotatable bonds is 4. The molecular formula is C32H47CuFe2N4O-. The maximum absolute atomic E-state index is 3.64. The van der Waals surface area contributed by atoms with Crippen molar-refractivity contribution in [1.29, 1.82) is 0 Å². The fourth-order valence-corrected chi connectivity index (χ4v) is 4.32. The molecule has 5 nitrogen and oxygen atoms in total. The summed E-state index contributed by atoms with van der Waals surface area (Å²) in [6.07, 6.45) is 2.42. The Balaban J connectivity index is 0. The van der Waals surface area contributed by atoms with E-state index in [2.05, 4.69) is 69.0 Å². The second-order valence-corrected chi connectivity index (χ2v) is 9.27. The molecule has 5 rings (SSSR count). The summed E-state index contributed by atoms with van der Waals surface area (Å²) >= 11 is 0. The average Bonchev–Trinajstić information content (AvgIpc) is 3.73. The minimum atomic E-state index is 0. The molecule has 0 spiro atoms. The Morgan fingerprint density at radius 3 is 1.18 bits per heavy atom. The summed E-state index contributed by atoms with van der Waals surface area (Å²) in [4.78, 5) is 5.16. The number of hydrogen-bond acceptors (Lipinski definition) is 4. The first-order chi connectivity index (χ1) is 17.9. The molecule has 1 radical (unpaired) electrons. The van der Waals surface area contributed by atoms with E-state index in [1.807, 2.05) is 60.7 Å². The Morgan fingerprint density at radius 2 is 0.875 bits per heavy atom. The Morgan fingerprint density at radius 1 is 0.525 bits per heavy atom. The first kappa shape index (κ1) is 40.9. The van der Waals surface area contributed by atoms with Crippen LogP contribution < -0.4 is 10.6 Å². The van der Waals surface area contributed by atoms with Crippen LogP contribution in [-0.4, -0.2) is 62.2 Å². The second kappa shape index (κ2) is 27.9. The Labute approximate surface area is 274 Å². The molecule has 1 aliphatic rings. The minimum Gasteiger partial charge on any atom is -0.457 e. The fourth-order valence-electron chi connectivity index (χ4n) is 4.32. The number of nitrogens with zero attached hydrogens (tertiary/aromatic N) is 2. The second-order valence-electron chi connectivity index (χ2n) is 9.27. The van der Waals surface area contributed by atoms with E-state index < -0.39 is 0 Å². The summed E-state index contributed by atoms with van der Waals surface area (Å²) in [6, 6.07) is 37.5. The molecule has 229 valence electrons. The number of nitrogens with one attached hydrogen (secondary N) is 2. The van der Waals surface area contributed by atoms with Crippen molar-refractivity contribution in [2.24, 2.45) is 0 Å². The van der Waals surface area contributed by atoms with Crippen LogP contribution in [-0.2, 0) is 69.8 Å². The molecule has 1 aliphatic heterocycles. The molecule has 5 N–H and O–H groups in total. The smallest absolute Gasteiger partial charge is 0.457 e. The number of hydrogen-bond donors (Lipinski definition) is 2. The van der Waals surface area contributed by atoms with Gasteiger partial charge in [-0.05, 0) is 52.1 Å². The molecule has 0 saturated carbocycles. The molecule has 0 bridgehead atoms. The van der Waals surface area contributed by atoms with Crippen LogP contribution in [0, 0.1) is 0 Å². The normalized spacial score (nSPS) is 15.0. The summed E-state index contributed by atoms with van der Waals surface area (Å²) in [5.74, 6) is 0. The van der Waals surface area contributed by atoms with E-state index in [1.165, 1.54) is 24.0 Å². The van der Waals surface area contributed by atoms with Crippen molar-refractivity contribution in [2.45, 2.75) is 25.9 Å². The third kappa shape index (κ3) is 19.8. The molecule has 4 aromatic carbocycles. The average molecular weight is 679 g/mol. The predicted molar refractivity (Wildman–Crippen MR) is 159 cm³/mol. The Kier molecular flexibility index (Phi) is 28.5. The van der Waals surface area contributed by atoms with Crippen LogP contribution in [0.25, 0.3) is 0 Å².